The van der Waals surface area contributed by atoms with Gasteiger partial charge in [0.2, 0.25) is 0 Å². The number of phenols is 2. The molecule has 2 aromatic carbocycles. The largest absolute Gasteiger partial charge is 0.507 e. The molecule has 0 saturated heterocycles. The molecular weight excluding hydrogens is 322 g/mol. The lowest BCUT2D eigenvalue weighted by molar-refractivity contribution is 0.262. The Morgan fingerprint density at radius 2 is 1.58 bits per heavy atom. The highest BCUT2D eigenvalue weighted by molar-refractivity contribution is 5.78. The quantitative estimate of drug-likeness (QED) is 0.653. The van der Waals surface area contributed by atoms with E-state index >= 15 is 0 Å². The van der Waals surface area contributed by atoms with Crippen molar-refractivity contribution < 1.29 is 10.2 Å². The van der Waals surface area contributed by atoms with Gasteiger partial charge in [0.15, 0.2) is 0 Å². The van der Waals surface area contributed by atoms with Crippen LogP contribution in [0.15, 0.2) is 55.6 Å². The molecule has 0 amide bonds. The van der Waals surface area contributed by atoms with Gasteiger partial charge in [0, 0.05) is 29.3 Å². The smallest absolute Gasteiger partial charge is 0.128 e. The molecule has 2 aromatic rings. The molecule has 3 heteroatoms. The Balaban J connectivity index is 2.60. The van der Waals surface area contributed by atoms with Gasteiger partial charge in [-0.05, 0) is 63.1 Å². The van der Waals surface area contributed by atoms with E-state index in [0.717, 1.165) is 16.7 Å². The van der Waals surface area contributed by atoms with E-state index in [9.17, 15) is 10.2 Å². The van der Waals surface area contributed by atoms with Crippen molar-refractivity contribution in [2.24, 2.45) is 0 Å². The number of hydrogen-bond acceptors (Lipinski definition) is 3. The molecule has 0 aromatic heterocycles. The van der Waals surface area contributed by atoms with Crippen molar-refractivity contribution in [2.75, 3.05) is 7.05 Å². The topological polar surface area (TPSA) is 43.7 Å². The maximum absolute atomic E-state index is 10.9. The van der Waals surface area contributed by atoms with Gasteiger partial charge >= 0.3 is 0 Å². The summed E-state index contributed by atoms with van der Waals surface area (Å²) in [5.41, 5.74) is 4.25. The first-order valence-corrected chi connectivity index (χ1v) is 8.96. The average Bonchev–Trinajstić information content (AvgIpc) is 2.59. The van der Waals surface area contributed by atoms with Crippen molar-refractivity contribution in [2.45, 2.75) is 39.3 Å². The van der Waals surface area contributed by atoms with Gasteiger partial charge in [0.05, 0.1) is 0 Å². The van der Waals surface area contributed by atoms with E-state index in [2.05, 4.69) is 31.9 Å². The highest BCUT2D eigenvalue weighted by atomic mass is 16.3. The van der Waals surface area contributed by atoms with Gasteiger partial charge in [-0.2, -0.15) is 0 Å². The van der Waals surface area contributed by atoms with Gasteiger partial charge in [0.25, 0.3) is 0 Å². The summed E-state index contributed by atoms with van der Waals surface area (Å²) < 4.78 is 0. The van der Waals surface area contributed by atoms with Crippen molar-refractivity contribution in [3.8, 4) is 22.6 Å². The molecule has 0 saturated carbocycles. The first-order valence-electron chi connectivity index (χ1n) is 8.96. The van der Waals surface area contributed by atoms with Gasteiger partial charge in [-0.25, -0.2) is 0 Å². The van der Waals surface area contributed by atoms with Crippen LogP contribution in [0.4, 0.5) is 0 Å². The highest BCUT2D eigenvalue weighted by Crippen LogP contribution is 2.39. The summed E-state index contributed by atoms with van der Waals surface area (Å²) in [4.78, 5) is 2.17. The highest BCUT2D eigenvalue weighted by Gasteiger charge is 2.17. The van der Waals surface area contributed by atoms with Crippen LogP contribution in [0.2, 0.25) is 0 Å². The molecule has 2 rings (SSSR count). The van der Waals surface area contributed by atoms with Crippen molar-refractivity contribution in [3.63, 3.8) is 0 Å². The summed E-state index contributed by atoms with van der Waals surface area (Å²) in [6.45, 7) is 12.5. The third kappa shape index (κ3) is 4.55. The monoisotopic (exact) mass is 351 g/mol. The van der Waals surface area contributed by atoms with E-state index in [1.54, 1.807) is 6.07 Å². The molecule has 0 radical (unpaired) electrons. The van der Waals surface area contributed by atoms with Crippen LogP contribution in [0.25, 0.3) is 11.1 Å². The standard InChI is InChI=1S/C23H29NO2/c1-6-8-17-10-11-22(25)20(13-17)21-14-18(9-7-2)12-19(23(21)26)15-24(5)16(3)4/h6-7,10-14,16,25-26H,1-2,8-9,15H2,3-5H3. The summed E-state index contributed by atoms with van der Waals surface area (Å²) in [6, 6.07) is 9.78. The number of nitrogens with zero attached hydrogens (tertiary/aromatic N) is 1. The van der Waals surface area contributed by atoms with E-state index < -0.39 is 0 Å². The fourth-order valence-electron chi connectivity index (χ4n) is 2.91. The fourth-order valence-corrected chi connectivity index (χ4v) is 2.91. The Morgan fingerprint density at radius 1 is 0.962 bits per heavy atom. The Morgan fingerprint density at radius 3 is 2.19 bits per heavy atom. The molecule has 0 fully saturated rings. The molecule has 0 unspecified atom stereocenters. The summed E-state index contributed by atoms with van der Waals surface area (Å²) in [5.74, 6) is 0.378. The number of hydrogen-bond donors (Lipinski definition) is 2. The van der Waals surface area contributed by atoms with Gasteiger partial charge in [0.1, 0.15) is 11.5 Å². The molecule has 26 heavy (non-hydrogen) atoms. The molecule has 138 valence electrons. The van der Waals surface area contributed by atoms with Gasteiger partial charge in [-0.1, -0.05) is 24.3 Å². The fraction of sp³-hybridized carbons (Fsp3) is 0.304. The van der Waals surface area contributed by atoms with Crippen LogP contribution in [0.1, 0.15) is 30.5 Å². The molecule has 0 heterocycles. The third-order valence-corrected chi connectivity index (χ3v) is 4.66. The Kier molecular flexibility index (Phi) is 6.64. The zero-order chi connectivity index (χ0) is 19.3. The molecule has 0 spiro atoms. The predicted octanol–water partition coefficient (Wildman–Crippen LogP) is 5.06. The van der Waals surface area contributed by atoms with Gasteiger partial charge in [-0.3, -0.25) is 4.90 Å². The maximum Gasteiger partial charge on any atom is 0.128 e. The normalized spacial score (nSPS) is 11.1. The molecule has 0 aliphatic heterocycles. The van der Waals surface area contributed by atoms with E-state index in [-0.39, 0.29) is 11.5 Å². The zero-order valence-corrected chi connectivity index (χ0v) is 16.0. The van der Waals surface area contributed by atoms with Crippen LogP contribution in [-0.2, 0) is 19.4 Å². The van der Waals surface area contributed by atoms with Crippen molar-refractivity contribution in [1.82, 2.24) is 4.90 Å². The van der Waals surface area contributed by atoms with E-state index in [4.69, 9.17) is 0 Å². The van der Waals surface area contributed by atoms with Crippen molar-refractivity contribution in [3.05, 3.63) is 72.3 Å². The Labute approximate surface area is 156 Å². The lowest BCUT2D eigenvalue weighted by atomic mass is 9.94. The number of allylic oxidation sites excluding steroid dienone is 2. The van der Waals surface area contributed by atoms with Crippen molar-refractivity contribution in [1.29, 1.82) is 0 Å². The Bertz CT molecular complexity index is 793. The predicted molar refractivity (Wildman–Crippen MR) is 110 cm³/mol. The molecule has 0 aliphatic rings. The first-order chi connectivity index (χ1) is 12.4. The van der Waals surface area contributed by atoms with Gasteiger partial charge < -0.3 is 10.2 Å². The maximum atomic E-state index is 10.9. The van der Waals surface area contributed by atoms with Crippen LogP contribution in [0, 0.1) is 0 Å². The van der Waals surface area contributed by atoms with Crippen molar-refractivity contribution >= 4 is 0 Å². The number of rotatable bonds is 8. The van der Waals surface area contributed by atoms with Crippen LogP contribution < -0.4 is 0 Å². The number of aromatic hydroxyl groups is 2. The SMILES string of the molecule is C=CCc1ccc(O)c(-c2cc(CC=C)cc(CN(C)C(C)C)c2O)c1. The summed E-state index contributed by atoms with van der Waals surface area (Å²) in [6.07, 6.45) is 5.09. The zero-order valence-electron chi connectivity index (χ0n) is 16.0. The van der Waals surface area contributed by atoms with E-state index in [1.807, 2.05) is 43.5 Å². The lowest BCUT2D eigenvalue weighted by Crippen LogP contribution is -2.25. The first kappa shape index (κ1) is 19.8. The lowest BCUT2D eigenvalue weighted by Gasteiger charge is -2.23. The molecule has 2 N–H and O–H groups in total. The molecule has 0 aliphatic carbocycles. The van der Waals surface area contributed by atoms with Crippen LogP contribution in [0.5, 0.6) is 11.5 Å². The molecule has 3 nitrogen and oxygen atoms in total. The minimum Gasteiger partial charge on any atom is -0.507 e. The number of phenolic OH excluding ortho intramolecular Hbond substituents is 2. The summed E-state index contributed by atoms with van der Waals surface area (Å²) >= 11 is 0. The average molecular weight is 351 g/mol. The summed E-state index contributed by atoms with van der Waals surface area (Å²) in [5, 5.41) is 21.3. The Hall–Kier alpha value is -2.52. The summed E-state index contributed by atoms with van der Waals surface area (Å²) in [7, 11) is 2.03. The minimum atomic E-state index is 0.159. The van der Waals surface area contributed by atoms with E-state index in [1.165, 1.54) is 0 Å². The van der Waals surface area contributed by atoms with E-state index in [0.29, 0.717) is 36.6 Å². The minimum absolute atomic E-state index is 0.159. The van der Waals surface area contributed by atoms with Crippen LogP contribution in [-0.4, -0.2) is 28.2 Å². The third-order valence-electron chi connectivity index (χ3n) is 4.66. The van der Waals surface area contributed by atoms with Crippen LogP contribution in [0.3, 0.4) is 0 Å². The molecular formula is C23H29NO2. The molecule has 0 bridgehead atoms. The second-order valence-corrected chi connectivity index (χ2v) is 7.00. The second kappa shape index (κ2) is 8.72. The molecule has 0 atom stereocenters. The second-order valence-electron chi connectivity index (χ2n) is 7.00. The van der Waals surface area contributed by atoms with Gasteiger partial charge in [-0.15, -0.1) is 13.2 Å². The number of benzene rings is 2. The van der Waals surface area contributed by atoms with Crippen LogP contribution >= 0.6 is 0 Å².